The van der Waals surface area contributed by atoms with Gasteiger partial charge in [0.15, 0.2) is 11.0 Å². The van der Waals surface area contributed by atoms with Crippen LogP contribution in [0, 0.1) is 5.92 Å². The standard InChI is InChI=1S/C22H28ClN5O/c23-20-8-9-21(26-25-20)28-12-4-7-18(16-28)22(29)24-19-10-13-27(14-11-19)15-17-5-2-1-3-6-17/h1-3,5-6,8-9,18-19H,4,7,10-16H2,(H,24,29)/t18-/m0/s1. The van der Waals surface area contributed by atoms with Gasteiger partial charge in [-0.05, 0) is 43.4 Å². The Morgan fingerprint density at radius 2 is 1.83 bits per heavy atom. The van der Waals surface area contributed by atoms with Crippen molar-refractivity contribution in [1.82, 2.24) is 20.4 Å². The first kappa shape index (κ1) is 20.1. The van der Waals surface area contributed by atoms with Gasteiger partial charge in [-0.25, -0.2) is 0 Å². The Morgan fingerprint density at radius 1 is 1.03 bits per heavy atom. The molecule has 2 fully saturated rings. The number of anilines is 1. The molecule has 1 amide bonds. The smallest absolute Gasteiger partial charge is 0.225 e. The first-order valence-corrected chi connectivity index (χ1v) is 10.9. The highest BCUT2D eigenvalue weighted by Gasteiger charge is 2.29. The van der Waals surface area contributed by atoms with Gasteiger partial charge in [0.05, 0.1) is 5.92 Å². The number of amides is 1. The molecule has 0 aliphatic carbocycles. The van der Waals surface area contributed by atoms with Crippen LogP contribution in [-0.2, 0) is 11.3 Å². The van der Waals surface area contributed by atoms with Gasteiger partial charge in [-0.1, -0.05) is 41.9 Å². The van der Waals surface area contributed by atoms with Gasteiger partial charge in [0.1, 0.15) is 0 Å². The number of benzene rings is 1. The summed E-state index contributed by atoms with van der Waals surface area (Å²) in [5.74, 6) is 0.975. The number of carbonyl (C=O) groups excluding carboxylic acids is 1. The van der Waals surface area contributed by atoms with Crippen molar-refractivity contribution in [2.75, 3.05) is 31.1 Å². The number of carbonyl (C=O) groups is 1. The number of nitrogens with zero attached hydrogens (tertiary/aromatic N) is 4. The molecule has 1 aromatic heterocycles. The third kappa shape index (κ3) is 5.46. The van der Waals surface area contributed by atoms with Gasteiger partial charge in [0, 0.05) is 38.8 Å². The molecule has 6 nitrogen and oxygen atoms in total. The van der Waals surface area contributed by atoms with E-state index in [2.05, 4.69) is 55.6 Å². The molecule has 4 rings (SSSR count). The second-order valence-corrected chi connectivity index (χ2v) is 8.43. The number of hydrogen-bond donors (Lipinski definition) is 1. The normalized spacial score (nSPS) is 21.1. The second-order valence-electron chi connectivity index (χ2n) is 8.04. The van der Waals surface area contributed by atoms with Crippen molar-refractivity contribution in [3.63, 3.8) is 0 Å². The lowest BCUT2D eigenvalue weighted by atomic mass is 9.95. The summed E-state index contributed by atoms with van der Waals surface area (Å²) in [4.78, 5) is 17.5. The lowest BCUT2D eigenvalue weighted by Gasteiger charge is -2.35. The van der Waals surface area contributed by atoms with E-state index in [1.54, 1.807) is 6.07 Å². The third-order valence-electron chi connectivity index (χ3n) is 5.92. The van der Waals surface area contributed by atoms with E-state index >= 15 is 0 Å². The fraction of sp³-hybridized carbons (Fsp3) is 0.500. The van der Waals surface area contributed by atoms with E-state index in [-0.39, 0.29) is 17.9 Å². The van der Waals surface area contributed by atoms with Crippen LogP contribution in [0.1, 0.15) is 31.2 Å². The number of rotatable bonds is 5. The van der Waals surface area contributed by atoms with Crippen LogP contribution in [0.4, 0.5) is 5.82 Å². The van der Waals surface area contributed by atoms with Gasteiger partial charge in [-0.15, -0.1) is 10.2 Å². The molecule has 2 aliphatic rings. The molecule has 0 saturated carbocycles. The summed E-state index contributed by atoms with van der Waals surface area (Å²) in [5, 5.41) is 11.8. The minimum Gasteiger partial charge on any atom is -0.354 e. The molecular formula is C22H28ClN5O. The van der Waals surface area contributed by atoms with Crippen LogP contribution in [0.15, 0.2) is 42.5 Å². The summed E-state index contributed by atoms with van der Waals surface area (Å²) in [7, 11) is 0. The molecule has 1 atom stereocenters. The lowest BCUT2D eigenvalue weighted by molar-refractivity contribution is -0.126. The number of piperidine rings is 2. The van der Waals surface area contributed by atoms with Gasteiger partial charge in [-0.3, -0.25) is 9.69 Å². The Kier molecular flexibility index (Phi) is 6.62. The van der Waals surface area contributed by atoms with Crippen molar-refractivity contribution < 1.29 is 4.79 Å². The van der Waals surface area contributed by atoms with Crippen molar-refractivity contribution in [2.24, 2.45) is 5.92 Å². The second kappa shape index (κ2) is 9.55. The van der Waals surface area contributed by atoms with Gasteiger partial charge in [0.25, 0.3) is 0 Å². The molecule has 0 radical (unpaired) electrons. The SMILES string of the molecule is O=C(NC1CCN(Cc2ccccc2)CC1)[C@H]1CCCN(c2ccc(Cl)nn2)C1. The number of halogens is 1. The van der Waals surface area contributed by atoms with Crippen LogP contribution >= 0.6 is 11.6 Å². The van der Waals surface area contributed by atoms with Crippen LogP contribution in [0.5, 0.6) is 0 Å². The number of likely N-dealkylation sites (tertiary alicyclic amines) is 1. The summed E-state index contributed by atoms with van der Waals surface area (Å²) < 4.78 is 0. The molecule has 3 heterocycles. The summed E-state index contributed by atoms with van der Waals surface area (Å²) in [6.07, 6.45) is 3.93. The predicted molar refractivity (Wildman–Crippen MR) is 115 cm³/mol. The zero-order valence-electron chi connectivity index (χ0n) is 16.6. The molecular weight excluding hydrogens is 386 g/mol. The molecule has 29 heavy (non-hydrogen) atoms. The monoisotopic (exact) mass is 413 g/mol. The van der Waals surface area contributed by atoms with E-state index < -0.39 is 0 Å². The average molecular weight is 414 g/mol. The quantitative estimate of drug-likeness (QED) is 0.815. The van der Waals surface area contributed by atoms with Crippen molar-refractivity contribution in [3.05, 3.63) is 53.2 Å². The van der Waals surface area contributed by atoms with E-state index in [0.29, 0.717) is 11.7 Å². The number of nitrogens with one attached hydrogen (secondary N) is 1. The zero-order valence-corrected chi connectivity index (χ0v) is 17.4. The maximum atomic E-state index is 12.9. The van der Waals surface area contributed by atoms with E-state index in [4.69, 9.17) is 11.6 Å². The fourth-order valence-corrected chi connectivity index (χ4v) is 4.37. The molecule has 0 unspecified atom stereocenters. The summed E-state index contributed by atoms with van der Waals surface area (Å²) >= 11 is 5.83. The van der Waals surface area contributed by atoms with Crippen molar-refractivity contribution >= 4 is 23.3 Å². The van der Waals surface area contributed by atoms with Crippen molar-refractivity contribution in [3.8, 4) is 0 Å². The van der Waals surface area contributed by atoms with Crippen LogP contribution in [0.3, 0.4) is 0 Å². The molecule has 0 bridgehead atoms. The fourth-order valence-electron chi connectivity index (χ4n) is 4.27. The summed E-state index contributed by atoms with van der Waals surface area (Å²) in [6.45, 7) is 4.63. The first-order chi connectivity index (χ1) is 14.2. The van der Waals surface area contributed by atoms with Crippen molar-refractivity contribution in [1.29, 1.82) is 0 Å². The molecule has 2 saturated heterocycles. The number of aromatic nitrogens is 2. The Labute approximate surface area is 177 Å². The van der Waals surface area contributed by atoms with Gasteiger partial charge in [0.2, 0.25) is 5.91 Å². The Bertz CT molecular complexity index is 793. The molecule has 0 spiro atoms. The highest BCUT2D eigenvalue weighted by molar-refractivity contribution is 6.29. The van der Waals surface area contributed by atoms with E-state index in [1.165, 1.54) is 5.56 Å². The minimum atomic E-state index is 0.00331. The average Bonchev–Trinajstić information content (AvgIpc) is 2.76. The maximum absolute atomic E-state index is 12.9. The molecule has 1 N–H and O–H groups in total. The Morgan fingerprint density at radius 3 is 2.55 bits per heavy atom. The van der Waals surface area contributed by atoms with Crippen LogP contribution < -0.4 is 10.2 Å². The zero-order chi connectivity index (χ0) is 20.1. The molecule has 154 valence electrons. The van der Waals surface area contributed by atoms with Crippen LogP contribution in [0.2, 0.25) is 5.15 Å². The van der Waals surface area contributed by atoms with Crippen LogP contribution in [-0.4, -0.2) is 53.2 Å². The highest BCUT2D eigenvalue weighted by Crippen LogP contribution is 2.23. The van der Waals surface area contributed by atoms with Gasteiger partial charge < -0.3 is 10.2 Å². The first-order valence-electron chi connectivity index (χ1n) is 10.5. The summed E-state index contributed by atoms with van der Waals surface area (Å²) in [6, 6.07) is 14.5. The predicted octanol–water partition coefficient (Wildman–Crippen LogP) is 3.13. The third-order valence-corrected chi connectivity index (χ3v) is 6.12. The van der Waals surface area contributed by atoms with E-state index in [9.17, 15) is 4.79 Å². The topological polar surface area (TPSA) is 61.4 Å². The van der Waals surface area contributed by atoms with Crippen molar-refractivity contribution in [2.45, 2.75) is 38.3 Å². The molecule has 2 aromatic rings. The molecule has 7 heteroatoms. The van der Waals surface area contributed by atoms with Gasteiger partial charge in [-0.2, -0.15) is 0 Å². The Balaban J connectivity index is 1.24. The van der Waals surface area contributed by atoms with E-state index in [1.807, 2.05) is 6.07 Å². The highest BCUT2D eigenvalue weighted by atomic mass is 35.5. The lowest BCUT2D eigenvalue weighted by Crippen LogP contribution is -2.49. The van der Waals surface area contributed by atoms with E-state index in [0.717, 1.165) is 57.7 Å². The Hall–Kier alpha value is -2.18. The number of hydrogen-bond acceptors (Lipinski definition) is 5. The summed E-state index contributed by atoms with van der Waals surface area (Å²) in [5.41, 5.74) is 1.35. The van der Waals surface area contributed by atoms with Gasteiger partial charge >= 0.3 is 0 Å². The molecule has 2 aliphatic heterocycles. The molecule has 1 aromatic carbocycles. The minimum absolute atomic E-state index is 0.00331. The van der Waals surface area contributed by atoms with Crippen LogP contribution in [0.25, 0.3) is 0 Å². The maximum Gasteiger partial charge on any atom is 0.225 e. The largest absolute Gasteiger partial charge is 0.354 e.